The van der Waals surface area contributed by atoms with E-state index < -0.39 is 0 Å². The lowest BCUT2D eigenvalue weighted by Gasteiger charge is -2.37. The van der Waals surface area contributed by atoms with Gasteiger partial charge < -0.3 is 19.9 Å². The smallest absolute Gasteiger partial charge is 0.229 e. The number of para-hydroxylation sites is 2. The minimum Gasteiger partial charge on any atom is -0.495 e. The topological polar surface area (TPSA) is 53.5 Å². The first-order valence-corrected chi connectivity index (χ1v) is 9.94. The van der Waals surface area contributed by atoms with E-state index in [1.54, 1.807) is 7.11 Å². The summed E-state index contributed by atoms with van der Waals surface area (Å²) in [5.74, 6) is 2.49. The highest BCUT2D eigenvalue weighted by Crippen LogP contribution is 2.29. The number of nitrogens with zero attached hydrogens (tertiary/aromatic N) is 4. The van der Waals surface area contributed by atoms with Gasteiger partial charge in [-0.1, -0.05) is 18.2 Å². The molecule has 2 heterocycles. The van der Waals surface area contributed by atoms with E-state index in [2.05, 4.69) is 64.3 Å². The van der Waals surface area contributed by atoms with Crippen LogP contribution in [-0.2, 0) is 0 Å². The molecule has 3 aromatic rings. The molecular formula is C23H27N5O. The fraction of sp³-hybridized carbons (Fsp3) is 0.304. The first-order valence-electron chi connectivity index (χ1n) is 9.94. The number of aryl methyl sites for hydroxylation is 2. The lowest BCUT2D eigenvalue weighted by atomic mass is 10.1. The number of rotatable bonds is 5. The molecule has 1 saturated heterocycles. The highest BCUT2D eigenvalue weighted by atomic mass is 16.5. The van der Waals surface area contributed by atoms with Crippen LogP contribution in [0.5, 0.6) is 5.75 Å². The SMILES string of the molecule is COc1ccccc1N1CCN(c2ccnc(Nc3ccc(C)c(C)c3)n2)CC1. The highest BCUT2D eigenvalue weighted by Gasteiger charge is 2.20. The van der Waals surface area contributed by atoms with Crippen molar-refractivity contribution in [2.24, 2.45) is 0 Å². The van der Waals surface area contributed by atoms with E-state index in [-0.39, 0.29) is 0 Å². The predicted molar refractivity (Wildman–Crippen MR) is 119 cm³/mol. The van der Waals surface area contributed by atoms with E-state index >= 15 is 0 Å². The molecule has 1 fully saturated rings. The lowest BCUT2D eigenvalue weighted by molar-refractivity contribution is 0.413. The second-order valence-electron chi connectivity index (χ2n) is 7.31. The minimum atomic E-state index is 0.623. The third kappa shape index (κ3) is 4.26. The molecule has 0 amide bonds. The lowest BCUT2D eigenvalue weighted by Crippen LogP contribution is -2.47. The molecule has 1 N–H and O–H groups in total. The van der Waals surface area contributed by atoms with Crippen LogP contribution in [0.3, 0.4) is 0 Å². The van der Waals surface area contributed by atoms with Gasteiger partial charge in [0.25, 0.3) is 0 Å². The maximum Gasteiger partial charge on any atom is 0.229 e. The second kappa shape index (κ2) is 8.39. The number of piperazine rings is 1. The first kappa shape index (κ1) is 19.1. The van der Waals surface area contributed by atoms with Crippen LogP contribution < -0.4 is 19.9 Å². The summed E-state index contributed by atoms with van der Waals surface area (Å²) in [5, 5.41) is 3.33. The Labute approximate surface area is 172 Å². The fourth-order valence-corrected chi connectivity index (χ4v) is 3.60. The van der Waals surface area contributed by atoms with Crippen molar-refractivity contribution in [3.63, 3.8) is 0 Å². The molecule has 0 atom stereocenters. The largest absolute Gasteiger partial charge is 0.495 e. The van der Waals surface area contributed by atoms with Gasteiger partial charge in [-0.15, -0.1) is 0 Å². The summed E-state index contributed by atoms with van der Waals surface area (Å²) < 4.78 is 5.51. The number of anilines is 4. The maximum absolute atomic E-state index is 5.51. The Bertz CT molecular complexity index is 983. The molecule has 0 radical (unpaired) electrons. The maximum atomic E-state index is 5.51. The number of aromatic nitrogens is 2. The Balaban J connectivity index is 1.43. The zero-order chi connectivity index (χ0) is 20.2. The van der Waals surface area contributed by atoms with Crippen LogP contribution in [0.1, 0.15) is 11.1 Å². The van der Waals surface area contributed by atoms with Crippen LogP contribution in [0.15, 0.2) is 54.7 Å². The summed E-state index contributed by atoms with van der Waals surface area (Å²) in [5.41, 5.74) is 4.68. The second-order valence-corrected chi connectivity index (χ2v) is 7.31. The van der Waals surface area contributed by atoms with Gasteiger partial charge in [-0.3, -0.25) is 0 Å². The van der Waals surface area contributed by atoms with Gasteiger partial charge in [-0.25, -0.2) is 4.98 Å². The normalized spacial score (nSPS) is 14.0. The molecule has 29 heavy (non-hydrogen) atoms. The number of nitrogens with one attached hydrogen (secondary N) is 1. The Morgan fingerprint density at radius 3 is 2.41 bits per heavy atom. The van der Waals surface area contributed by atoms with Gasteiger partial charge in [0.2, 0.25) is 5.95 Å². The molecule has 0 unspecified atom stereocenters. The summed E-state index contributed by atoms with van der Waals surface area (Å²) >= 11 is 0. The zero-order valence-corrected chi connectivity index (χ0v) is 17.2. The van der Waals surface area contributed by atoms with Crippen LogP contribution in [-0.4, -0.2) is 43.3 Å². The average molecular weight is 390 g/mol. The van der Waals surface area contributed by atoms with Crippen molar-refractivity contribution < 1.29 is 4.74 Å². The molecule has 150 valence electrons. The molecule has 1 aliphatic rings. The van der Waals surface area contributed by atoms with Crippen LogP contribution in [0.4, 0.5) is 23.1 Å². The molecule has 0 spiro atoms. The highest BCUT2D eigenvalue weighted by molar-refractivity contribution is 5.60. The molecule has 4 rings (SSSR count). The third-order valence-corrected chi connectivity index (χ3v) is 5.43. The number of methoxy groups -OCH3 is 1. The van der Waals surface area contributed by atoms with Gasteiger partial charge in [0.05, 0.1) is 12.8 Å². The quantitative estimate of drug-likeness (QED) is 0.707. The summed E-state index contributed by atoms with van der Waals surface area (Å²) in [6.07, 6.45) is 1.82. The fourth-order valence-electron chi connectivity index (χ4n) is 3.60. The monoisotopic (exact) mass is 389 g/mol. The summed E-state index contributed by atoms with van der Waals surface area (Å²) in [7, 11) is 1.72. The first-order chi connectivity index (χ1) is 14.1. The molecule has 6 heteroatoms. The van der Waals surface area contributed by atoms with E-state index in [9.17, 15) is 0 Å². The number of hydrogen-bond acceptors (Lipinski definition) is 6. The van der Waals surface area contributed by atoms with Gasteiger partial charge in [0, 0.05) is 38.1 Å². The van der Waals surface area contributed by atoms with Gasteiger partial charge in [0.15, 0.2) is 0 Å². The summed E-state index contributed by atoms with van der Waals surface area (Å²) in [6, 6.07) is 16.5. The molecule has 1 aliphatic heterocycles. The van der Waals surface area contributed by atoms with Crippen molar-refractivity contribution >= 4 is 23.1 Å². The van der Waals surface area contributed by atoms with E-state index in [1.165, 1.54) is 11.1 Å². The van der Waals surface area contributed by atoms with Gasteiger partial charge in [0.1, 0.15) is 11.6 Å². The third-order valence-electron chi connectivity index (χ3n) is 5.43. The molecular weight excluding hydrogens is 362 g/mol. The van der Waals surface area contributed by atoms with E-state index in [1.807, 2.05) is 24.4 Å². The van der Waals surface area contributed by atoms with Crippen LogP contribution >= 0.6 is 0 Å². The Morgan fingerprint density at radius 1 is 0.897 bits per heavy atom. The van der Waals surface area contributed by atoms with Gasteiger partial charge >= 0.3 is 0 Å². The molecule has 6 nitrogen and oxygen atoms in total. The predicted octanol–water partition coefficient (Wildman–Crippen LogP) is 4.17. The van der Waals surface area contributed by atoms with E-state index in [4.69, 9.17) is 9.72 Å². The van der Waals surface area contributed by atoms with Crippen molar-refractivity contribution in [1.29, 1.82) is 0 Å². The number of benzene rings is 2. The van der Waals surface area contributed by atoms with Crippen LogP contribution in [0.2, 0.25) is 0 Å². The minimum absolute atomic E-state index is 0.623. The van der Waals surface area contributed by atoms with Gasteiger partial charge in [-0.2, -0.15) is 4.98 Å². The van der Waals surface area contributed by atoms with E-state index in [0.29, 0.717) is 5.95 Å². The molecule has 1 aromatic heterocycles. The van der Waals surface area contributed by atoms with Crippen molar-refractivity contribution in [1.82, 2.24) is 9.97 Å². The van der Waals surface area contributed by atoms with Crippen molar-refractivity contribution in [2.45, 2.75) is 13.8 Å². The zero-order valence-electron chi connectivity index (χ0n) is 17.2. The van der Waals surface area contributed by atoms with Gasteiger partial charge in [-0.05, 0) is 55.3 Å². The van der Waals surface area contributed by atoms with Crippen LogP contribution in [0, 0.1) is 13.8 Å². The number of hydrogen-bond donors (Lipinski definition) is 1. The van der Waals surface area contributed by atoms with E-state index in [0.717, 1.165) is 49.1 Å². The standard InChI is InChI=1S/C23H27N5O/c1-17-8-9-19(16-18(17)2)25-23-24-11-10-22(26-23)28-14-12-27(13-15-28)20-6-4-5-7-21(20)29-3/h4-11,16H,12-15H2,1-3H3,(H,24,25,26). The van der Waals surface area contributed by atoms with Crippen molar-refractivity contribution in [3.8, 4) is 5.75 Å². The molecule has 0 aliphatic carbocycles. The van der Waals surface area contributed by atoms with Crippen LogP contribution in [0.25, 0.3) is 0 Å². The summed E-state index contributed by atoms with van der Waals surface area (Å²) in [4.78, 5) is 13.8. The average Bonchev–Trinajstić information content (AvgIpc) is 2.76. The summed E-state index contributed by atoms with van der Waals surface area (Å²) in [6.45, 7) is 7.87. The van der Waals surface area contributed by atoms with Crippen molar-refractivity contribution in [2.75, 3.05) is 48.4 Å². The van der Waals surface area contributed by atoms with Crippen molar-refractivity contribution in [3.05, 3.63) is 65.9 Å². The molecule has 2 aromatic carbocycles. The molecule has 0 bridgehead atoms. The Hall–Kier alpha value is -3.28. The Kier molecular flexibility index (Phi) is 5.51. The Morgan fingerprint density at radius 2 is 1.66 bits per heavy atom. The number of ether oxygens (including phenoxy) is 1. The molecule has 0 saturated carbocycles.